The summed E-state index contributed by atoms with van der Waals surface area (Å²) in [4.78, 5) is 6.14. The number of halogens is 4. The first-order valence-corrected chi connectivity index (χ1v) is 9.91. The lowest BCUT2D eigenvalue weighted by Gasteiger charge is -2.26. The lowest BCUT2D eigenvalue weighted by molar-refractivity contribution is -0.0520. The number of benzene rings is 2. The van der Waals surface area contributed by atoms with Crippen LogP contribution in [0.3, 0.4) is 0 Å². The summed E-state index contributed by atoms with van der Waals surface area (Å²) in [7, 11) is 5.41. The van der Waals surface area contributed by atoms with Crippen LogP contribution >= 0.6 is 24.0 Å². The molecule has 0 aliphatic heterocycles. The maximum Gasteiger partial charge on any atom is 0.387 e. The molecule has 0 radical (unpaired) electrons. The second-order valence-corrected chi connectivity index (χ2v) is 6.90. The molecule has 0 aromatic heterocycles. The smallest absolute Gasteiger partial charge is 0.387 e. The number of para-hydroxylation sites is 1. The molecule has 0 fully saturated rings. The minimum atomic E-state index is -2.97. The summed E-state index contributed by atoms with van der Waals surface area (Å²) < 4.78 is 49.5. The first kappa shape index (κ1) is 27.8. The van der Waals surface area contributed by atoms with Gasteiger partial charge in [0, 0.05) is 25.7 Å². The Hall–Kier alpha value is -2.21. The van der Waals surface area contributed by atoms with Gasteiger partial charge in [0.2, 0.25) is 0 Å². The molecule has 2 aromatic carbocycles. The molecule has 0 aliphatic rings. The monoisotopic (exact) mass is 566 g/mol. The van der Waals surface area contributed by atoms with Crippen LogP contribution < -0.4 is 20.1 Å². The summed E-state index contributed by atoms with van der Waals surface area (Å²) in [6, 6.07) is 11.3. The molecule has 0 spiro atoms. The van der Waals surface area contributed by atoms with Crippen LogP contribution in [0.25, 0.3) is 0 Å². The van der Waals surface area contributed by atoms with E-state index < -0.39 is 6.61 Å². The number of alkyl halides is 2. The van der Waals surface area contributed by atoms with E-state index >= 15 is 0 Å². The van der Waals surface area contributed by atoms with Crippen LogP contribution in [0, 0.1) is 5.82 Å². The molecule has 2 N–H and O–H groups in total. The van der Waals surface area contributed by atoms with Crippen molar-refractivity contribution < 1.29 is 22.6 Å². The molecule has 2 aromatic rings. The van der Waals surface area contributed by atoms with E-state index in [9.17, 15) is 13.2 Å². The van der Waals surface area contributed by atoms with Gasteiger partial charge in [0.25, 0.3) is 0 Å². The average molecular weight is 566 g/mol. The maximum atomic E-state index is 13.6. The average Bonchev–Trinajstić information content (AvgIpc) is 2.72. The van der Waals surface area contributed by atoms with Crippen molar-refractivity contribution in [2.75, 3.05) is 34.3 Å². The zero-order valence-corrected chi connectivity index (χ0v) is 20.9. The maximum absolute atomic E-state index is 13.6. The fourth-order valence-corrected chi connectivity index (χ4v) is 3.10. The highest BCUT2D eigenvalue weighted by Gasteiger charge is 2.17. The third-order valence-electron chi connectivity index (χ3n) is 4.56. The normalized spacial score (nSPS) is 12.3. The van der Waals surface area contributed by atoms with Crippen LogP contribution in [0.4, 0.5) is 13.2 Å². The molecule has 0 amide bonds. The van der Waals surface area contributed by atoms with Crippen LogP contribution in [-0.4, -0.2) is 51.8 Å². The van der Waals surface area contributed by atoms with Gasteiger partial charge >= 0.3 is 6.61 Å². The Morgan fingerprint density at radius 3 is 2.44 bits per heavy atom. The first-order chi connectivity index (χ1) is 14.8. The first-order valence-electron chi connectivity index (χ1n) is 9.91. The minimum Gasteiger partial charge on any atom is -0.490 e. The van der Waals surface area contributed by atoms with Crippen LogP contribution in [0.5, 0.6) is 11.5 Å². The Morgan fingerprint density at radius 2 is 1.84 bits per heavy atom. The summed E-state index contributed by atoms with van der Waals surface area (Å²) in [6.07, 6.45) is 0. The van der Waals surface area contributed by atoms with Gasteiger partial charge in [-0.1, -0.05) is 24.3 Å². The number of nitrogens with one attached hydrogen (secondary N) is 2. The number of guanidine groups is 1. The zero-order valence-electron chi connectivity index (χ0n) is 18.6. The molecule has 0 saturated heterocycles. The Bertz CT molecular complexity index is 869. The summed E-state index contributed by atoms with van der Waals surface area (Å²) in [5.41, 5.74) is 1.33. The van der Waals surface area contributed by atoms with E-state index in [0.717, 1.165) is 5.56 Å². The molecule has 0 saturated carbocycles. The van der Waals surface area contributed by atoms with E-state index in [4.69, 9.17) is 9.47 Å². The topological polar surface area (TPSA) is 58.1 Å². The molecule has 6 nitrogen and oxygen atoms in total. The quantitative estimate of drug-likeness (QED) is 0.254. The summed E-state index contributed by atoms with van der Waals surface area (Å²) >= 11 is 0. The third kappa shape index (κ3) is 8.38. The molecule has 10 heteroatoms. The SMILES string of the molecule is CCOc1cccc(CNC(=NC)NCC(c2cccc(F)c2)N(C)C)c1OC(F)F.I. The van der Waals surface area contributed by atoms with Crippen molar-refractivity contribution in [1.82, 2.24) is 15.5 Å². The van der Waals surface area contributed by atoms with Gasteiger partial charge in [0.15, 0.2) is 17.5 Å². The highest BCUT2D eigenvalue weighted by atomic mass is 127. The van der Waals surface area contributed by atoms with Crippen LogP contribution in [0.1, 0.15) is 24.1 Å². The Morgan fingerprint density at radius 1 is 1.12 bits per heavy atom. The van der Waals surface area contributed by atoms with Crippen molar-refractivity contribution in [2.24, 2.45) is 4.99 Å². The van der Waals surface area contributed by atoms with Gasteiger partial charge in [-0.2, -0.15) is 8.78 Å². The summed E-state index contributed by atoms with van der Waals surface area (Å²) in [5, 5.41) is 6.29. The standard InChI is InChI=1S/C22H29F3N4O2.HI/c1-5-30-19-11-7-9-16(20(19)31-21(24)25)13-27-22(26-2)28-14-18(29(3)4)15-8-6-10-17(23)12-15;/h6-12,18,21H,5,13-14H2,1-4H3,(H2,26,27,28);1H. The molecule has 1 atom stereocenters. The minimum absolute atomic E-state index is 0. The number of hydrogen-bond acceptors (Lipinski definition) is 4. The van der Waals surface area contributed by atoms with Gasteiger partial charge in [-0.15, -0.1) is 24.0 Å². The van der Waals surface area contributed by atoms with Gasteiger partial charge in [-0.05, 0) is 44.8 Å². The van der Waals surface area contributed by atoms with E-state index in [1.54, 1.807) is 38.2 Å². The number of rotatable bonds is 10. The molecular formula is C22H30F3IN4O2. The largest absolute Gasteiger partial charge is 0.490 e. The van der Waals surface area contributed by atoms with Crippen LogP contribution in [-0.2, 0) is 6.54 Å². The summed E-state index contributed by atoms with van der Waals surface area (Å²) in [6.45, 7) is -0.232. The molecule has 1 unspecified atom stereocenters. The number of nitrogens with zero attached hydrogens (tertiary/aromatic N) is 2. The van der Waals surface area contributed by atoms with E-state index in [1.807, 2.05) is 25.1 Å². The number of likely N-dealkylation sites (N-methyl/N-ethyl adjacent to an activating group) is 1. The fourth-order valence-electron chi connectivity index (χ4n) is 3.10. The van der Waals surface area contributed by atoms with Crippen molar-refractivity contribution >= 4 is 29.9 Å². The number of hydrogen-bond donors (Lipinski definition) is 2. The van der Waals surface area contributed by atoms with Gasteiger partial charge < -0.3 is 25.0 Å². The van der Waals surface area contributed by atoms with Crippen molar-refractivity contribution in [3.05, 3.63) is 59.4 Å². The lowest BCUT2D eigenvalue weighted by Crippen LogP contribution is -2.41. The Kier molecular flexibility index (Phi) is 12.2. The van der Waals surface area contributed by atoms with Crippen molar-refractivity contribution in [3.63, 3.8) is 0 Å². The van der Waals surface area contributed by atoms with E-state index in [1.165, 1.54) is 12.1 Å². The third-order valence-corrected chi connectivity index (χ3v) is 4.56. The zero-order chi connectivity index (χ0) is 22.8. The van der Waals surface area contributed by atoms with E-state index in [-0.39, 0.29) is 53.9 Å². The molecule has 178 valence electrons. The molecule has 2 rings (SSSR count). The predicted molar refractivity (Wildman–Crippen MR) is 131 cm³/mol. The van der Waals surface area contributed by atoms with Gasteiger partial charge in [0.05, 0.1) is 12.6 Å². The molecule has 32 heavy (non-hydrogen) atoms. The van der Waals surface area contributed by atoms with Crippen molar-refractivity contribution in [3.8, 4) is 11.5 Å². The van der Waals surface area contributed by atoms with Crippen LogP contribution in [0.2, 0.25) is 0 Å². The molecule has 0 bridgehead atoms. The van der Waals surface area contributed by atoms with Crippen molar-refractivity contribution in [2.45, 2.75) is 26.1 Å². The van der Waals surface area contributed by atoms with E-state index in [2.05, 4.69) is 15.6 Å². The Balaban J connectivity index is 0.00000512. The highest BCUT2D eigenvalue weighted by molar-refractivity contribution is 14.0. The fraction of sp³-hybridized carbons (Fsp3) is 0.409. The molecule has 0 heterocycles. The second-order valence-electron chi connectivity index (χ2n) is 6.90. The second kappa shape index (κ2) is 14.0. The van der Waals surface area contributed by atoms with E-state index in [0.29, 0.717) is 24.7 Å². The molecule has 0 aliphatic carbocycles. The lowest BCUT2D eigenvalue weighted by atomic mass is 10.1. The number of ether oxygens (including phenoxy) is 2. The van der Waals surface area contributed by atoms with Gasteiger partial charge in [-0.3, -0.25) is 4.99 Å². The molecular weight excluding hydrogens is 536 g/mol. The summed E-state index contributed by atoms with van der Waals surface area (Å²) in [5.74, 6) is 0.415. The van der Waals surface area contributed by atoms with Crippen molar-refractivity contribution in [1.29, 1.82) is 0 Å². The van der Waals surface area contributed by atoms with Gasteiger partial charge in [0.1, 0.15) is 5.82 Å². The van der Waals surface area contributed by atoms with Gasteiger partial charge in [-0.25, -0.2) is 4.39 Å². The van der Waals surface area contributed by atoms with Crippen LogP contribution in [0.15, 0.2) is 47.5 Å². The highest BCUT2D eigenvalue weighted by Crippen LogP contribution is 2.32. The number of aliphatic imine (C=N–C) groups is 1. The predicted octanol–water partition coefficient (Wildman–Crippen LogP) is 4.41. The Labute approximate surface area is 204 Å².